The van der Waals surface area contributed by atoms with Crippen LogP contribution in [0.15, 0.2) is 6.07 Å². The summed E-state index contributed by atoms with van der Waals surface area (Å²) in [6, 6.07) is 0.194. The first-order valence-electron chi connectivity index (χ1n) is 5.92. The summed E-state index contributed by atoms with van der Waals surface area (Å²) >= 11 is 0. The molecule has 1 rings (SSSR count). The molecular formula is C11H9F5N2O5. The molecule has 0 aliphatic heterocycles. The van der Waals surface area contributed by atoms with Crippen molar-refractivity contribution in [1.82, 2.24) is 4.98 Å². The van der Waals surface area contributed by atoms with Gasteiger partial charge in [0.05, 0.1) is 18.6 Å². The molecule has 0 atom stereocenters. The maximum atomic E-state index is 13.0. The second-order valence-corrected chi connectivity index (χ2v) is 3.94. The zero-order chi connectivity index (χ0) is 17.8. The Balaban J connectivity index is 3.41. The molecule has 0 fully saturated rings. The standard InChI is InChI=1S/C11H9F5N2O5/c1-2-22-8(19)4-6-5(9(12)13)3-7(23-11(14,15)16)17-10(6)18(20)21/h3,9H,2,4H2,1H3. The van der Waals surface area contributed by atoms with E-state index in [9.17, 15) is 36.9 Å². The highest BCUT2D eigenvalue weighted by atomic mass is 19.4. The van der Waals surface area contributed by atoms with Crippen LogP contribution in [-0.4, -0.2) is 28.8 Å². The average Bonchev–Trinajstić information content (AvgIpc) is 2.37. The number of aromatic nitrogens is 1. The van der Waals surface area contributed by atoms with Crippen LogP contribution in [0.5, 0.6) is 5.88 Å². The van der Waals surface area contributed by atoms with Gasteiger partial charge in [0, 0.05) is 16.6 Å². The van der Waals surface area contributed by atoms with Crippen molar-refractivity contribution < 1.29 is 41.1 Å². The summed E-state index contributed by atoms with van der Waals surface area (Å²) in [5.74, 6) is -3.83. The van der Waals surface area contributed by atoms with Crippen LogP contribution in [0.4, 0.5) is 27.8 Å². The Bertz CT molecular complexity index is 605. The number of nitro groups is 1. The zero-order valence-electron chi connectivity index (χ0n) is 11.4. The summed E-state index contributed by atoms with van der Waals surface area (Å²) in [6.07, 6.45) is -9.61. The van der Waals surface area contributed by atoms with E-state index in [0.717, 1.165) is 0 Å². The minimum Gasteiger partial charge on any atom is -0.466 e. The van der Waals surface area contributed by atoms with Crippen LogP contribution < -0.4 is 4.74 Å². The Kier molecular flexibility index (Phi) is 5.76. The third-order valence-electron chi connectivity index (χ3n) is 2.37. The number of ether oxygens (including phenoxy) is 2. The maximum Gasteiger partial charge on any atom is 0.575 e. The first-order chi connectivity index (χ1) is 10.5. The summed E-state index contributed by atoms with van der Waals surface area (Å²) in [4.78, 5) is 23.9. The van der Waals surface area contributed by atoms with Crippen molar-refractivity contribution >= 4 is 11.8 Å². The summed E-state index contributed by atoms with van der Waals surface area (Å²) in [6.45, 7) is 1.30. The van der Waals surface area contributed by atoms with Crippen molar-refractivity contribution in [3.63, 3.8) is 0 Å². The van der Waals surface area contributed by atoms with E-state index in [4.69, 9.17) is 0 Å². The van der Waals surface area contributed by atoms with Gasteiger partial charge >= 0.3 is 24.0 Å². The van der Waals surface area contributed by atoms with Gasteiger partial charge < -0.3 is 19.6 Å². The molecule has 1 aromatic heterocycles. The van der Waals surface area contributed by atoms with Gasteiger partial charge in [-0.3, -0.25) is 4.79 Å². The Hall–Kier alpha value is -2.53. The summed E-state index contributed by atoms with van der Waals surface area (Å²) in [5, 5.41) is 10.9. The predicted octanol–water partition coefficient (Wildman–Crippen LogP) is 2.93. The predicted molar refractivity (Wildman–Crippen MR) is 62.9 cm³/mol. The lowest BCUT2D eigenvalue weighted by molar-refractivity contribution is -0.390. The Morgan fingerprint density at radius 1 is 1.43 bits per heavy atom. The SMILES string of the molecule is CCOC(=O)Cc1c(C(F)F)cc(OC(F)(F)F)nc1[N+](=O)[O-]. The third kappa shape index (κ3) is 5.30. The molecule has 0 bridgehead atoms. The lowest BCUT2D eigenvalue weighted by Crippen LogP contribution is -2.19. The molecule has 1 aromatic rings. The molecule has 0 radical (unpaired) electrons. The quantitative estimate of drug-likeness (QED) is 0.341. The first-order valence-corrected chi connectivity index (χ1v) is 5.92. The number of hydrogen-bond acceptors (Lipinski definition) is 6. The van der Waals surface area contributed by atoms with Crippen LogP contribution in [0.25, 0.3) is 0 Å². The van der Waals surface area contributed by atoms with E-state index < -0.39 is 52.9 Å². The van der Waals surface area contributed by atoms with Gasteiger partial charge in [0.25, 0.3) is 6.43 Å². The van der Waals surface area contributed by atoms with Crippen molar-refractivity contribution in [2.75, 3.05) is 6.61 Å². The molecule has 12 heteroatoms. The minimum absolute atomic E-state index is 0.112. The van der Waals surface area contributed by atoms with E-state index in [1.807, 2.05) is 0 Å². The molecule has 0 saturated carbocycles. The lowest BCUT2D eigenvalue weighted by atomic mass is 10.1. The second-order valence-electron chi connectivity index (χ2n) is 3.94. The molecule has 0 aliphatic rings. The molecule has 23 heavy (non-hydrogen) atoms. The minimum atomic E-state index is -5.27. The summed E-state index contributed by atoms with van der Waals surface area (Å²) in [5.41, 5.74) is -2.00. The monoisotopic (exact) mass is 344 g/mol. The molecular weight excluding hydrogens is 335 g/mol. The number of carbonyl (C=O) groups excluding carboxylic acids is 1. The molecule has 0 amide bonds. The topological polar surface area (TPSA) is 91.6 Å². The van der Waals surface area contributed by atoms with Crippen LogP contribution >= 0.6 is 0 Å². The van der Waals surface area contributed by atoms with E-state index in [0.29, 0.717) is 0 Å². The number of nitrogens with zero attached hydrogens (tertiary/aromatic N) is 2. The van der Waals surface area contributed by atoms with Crippen LogP contribution in [0, 0.1) is 10.1 Å². The normalized spacial score (nSPS) is 11.4. The third-order valence-corrected chi connectivity index (χ3v) is 2.37. The van der Waals surface area contributed by atoms with Gasteiger partial charge in [-0.05, 0) is 11.8 Å². The number of rotatable bonds is 6. The van der Waals surface area contributed by atoms with Crippen LogP contribution in [-0.2, 0) is 16.0 Å². The lowest BCUT2D eigenvalue weighted by Gasteiger charge is -2.11. The van der Waals surface area contributed by atoms with E-state index in [1.54, 1.807) is 0 Å². The molecule has 7 nitrogen and oxygen atoms in total. The number of pyridine rings is 1. The van der Waals surface area contributed by atoms with E-state index in [2.05, 4.69) is 14.5 Å². The van der Waals surface area contributed by atoms with Gasteiger partial charge in [-0.15, -0.1) is 13.2 Å². The Labute approximate surface area is 125 Å². The number of halogens is 5. The molecule has 0 unspecified atom stereocenters. The highest BCUT2D eigenvalue weighted by molar-refractivity contribution is 5.74. The fourth-order valence-electron chi connectivity index (χ4n) is 1.61. The number of esters is 1. The molecule has 0 N–H and O–H groups in total. The number of carbonyl (C=O) groups is 1. The van der Waals surface area contributed by atoms with Crippen LogP contribution in [0.3, 0.4) is 0 Å². The van der Waals surface area contributed by atoms with Crippen LogP contribution in [0.1, 0.15) is 24.5 Å². The van der Waals surface area contributed by atoms with Gasteiger partial charge in [0.15, 0.2) is 0 Å². The van der Waals surface area contributed by atoms with Gasteiger partial charge in [0.1, 0.15) is 0 Å². The highest BCUT2D eigenvalue weighted by Crippen LogP contribution is 2.34. The zero-order valence-corrected chi connectivity index (χ0v) is 11.4. The van der Waals surface area contributed by atoms with Crippen LogP contribution in [0.2, 0.25) is 0 Å². The van der Waals surface area contributed by atoms with Gasteiger partial charge in [-0.2, -0.15) is 0 Å². The van der Waals surface area contributed by atoms with Crippen molar-refractivity contribution in [3.8, 4) is 5.88 Å². The molecule has 0 spiro atoms. The molecule has 128 valence electrons. The highest BCUT2D eigenvalue weighted by Gasteiger charge is 2.37. The fraction of sp³-hybridized carbons (Fsp3) is 0.455. The van der Waals surface area contributed by atoms with Gasteiger partial charge in [-0.25, -0.2) is 8.78 Å². The van der Waals surface area contributed by atoms with Crippen molar-refractivity contribution in [2.45, 2.75) is 26.1 Å². The van der Waals surface area contributed by atoms with Gasteiger partial charge in [0.2, 0.25) is 0 Å². The number of alkyl halides is 5. The largest absolute Gasteiger partial charge is 0.575 e. The summed E-state index contributed by atoms with van der Waals surface area (Å²) in [7, 11) is 0. The van der Waals surface area contributed by atoms with Crippen molar-refractivity contribution in [1.29, 1.82) is 0 Å². The Morgan fingerprint density at radius 3 is 2.48 bits per heavy atom. The summed E-state index contributed by atoms with van der Waals surface area (Å²) < 4.78 is 70.1. The maximum absolute atomic E-state index is 13.0. The second kappa shape index (κ2) is 7.15. The average molecular weight is 344 g/mol. The molecule has 0 saturated heterocycles. The molecule has 0 aromatic carbocycles. The number of hydrogen-bond donors (Lipinski definition) is 0. The van der Waals surface area contributed by atoms with Crippen molar-refractivity contribution in [2.24, 2.45) is 0 Å². The molecule has 0 aliphatic carbocycles. The van der Waals surface area contributed by atoms with E-state index in [-0.39, 0.29) is 12.7 Å². The Morgan fingerprint density at radius 2 is 2.04 bits per heavy atom. The fourth-order valence-corrected chi connectivity index (χ4v) is 1.61. The first kappa shape index (κ1) is 18.5. The van der Waals surface area contributed by atoms with Gasteiger partial charge in [-0.1, -0.05) is 0 Å². The molecule has 1 heterocycles. The van der Waals surface area contributed by atoms with E-state index >= 15 is 0 Å². The van der Waals surface area contributed by atoms with Crippen molar-refractivity contribution in [3.05, 3.63) is 27.3 Å². The van der Waals surface area contributed by atoms with E-state index in [1.165, 1.54) is 6.92 Å². The smallest absolute Gasteiger partial charge is 0.466 e.